The maximum absolute atomic E-state index is 10.9. The van der Waals surface area contributed by atoms with Crippen molar-refractivity contribution in [3.8, 4) is 0 Å². The quantitative estimate of drug-likeness (QED) is 0.577. The number of amides is 1. The van der Waals surface area contributed by atoms with Crippen molar-refractivity contribution >= 4 is 12.1 Å². The van der Waals surface area contributed by atoms with Gasteiger partial charge in [0, 0.05) is 0 Å². The van der Waals surface area contributed by atoms with Crippen LogP contribution in [-0.2, 0) is 9.53 Å². The van der Waals surface area contributed by atoms with Gasteiger partial charge in [0.05, 0.1) is 12.0 Å². The Hall–Kier alpha value is 0.792. The summed E-state index contributed by atoms with van der Waals surface area (Å²) in [6.07, 6.45) is -0.760. The summed E-state index contributed by atoms with van der Waals surface area (Å²) in [6, 6.07) is -1.05. The second-order valence-corrected chi connectivity index (χ2v) is 3.69. The molecule has 0 rings (SSSR count). The molecule has 0 fully saturated rings. The van der Waals surface area contributed by atoms with E-state index in [2.05, 4.69) is 5.32 Å². The zero-order valence-electron chi connectivity index (χ0n) is 9.21. The number of hydrogen-bond acceptors (Lipinski definition) is 4. The van der Waals surface area contributed by atoms with Crippen molar-refractivity contribution in [2.75, 3.05) is 0 Å². The molecular weight excluding hydrogens is 307 g/mol. The zero-order valence-corrected chi connectivity index (χ0v) is 15.5. The molecule has 0 aliphatic heterocycles. The molecule has 0 saturated heterocycles. The van der Waals surface area contributed by atoms with Gasteiger partial charge < -0.3 is 20.0 Å². The van der Waals surface area contributed by atoms with E-state index in [9.17, 15) is 14.7 Å². The number of carboxylic acids is 1. The molecule has 0 spiro atoms. The van der Waals surface area contributed by atoms with Crippen LogP contribution in [-0.4, -0.2) is 23.7 Å². The monoisotopic (exact) mass is 321 g/mol. The van der Waals surface area contributed by atoms with Crippen LogP contribution >= 0.6 is 0 Å². The van der Waals surface area contributed by atoms with E-state index in [-0.39, 0.29) is 68.9 Å². The first-order chi connectivity index (χ1) is 5.72. The van der Waals surface area contributed by atoms with E-state index >= 15 is 0 Å². The van der Waals surface area contributed by atoms with Crippen LogP contribution in [0.5, 0.6) is 0 Å². The largest absolute Gasteiger partial charge is 1.00 e. The summed E-state index contributed by atoms with van der Waals surface area (Å²) in [5.74, 6) is -1.34. The molecule has 1 atom stereocenters. The average Bonchev–Trinajstić information content (AvgIpc) is 1.81. The van der Waals surface area contributed by atoms with Gasteiger partial charge in [-0.3, -0.25) is 0 Å². The Kier molecular flexibility index (Phi) is 8.76. The summed E-state index contributed by atoms with van der Waals surface area (Å²) in [6.45, 7) is 6.38. The maximum atomic E-state index is 10.9. The van der Waals surface area contributed by atoms with E-state index in [1.54, 1.807) is 20.8 Å². The number of carboxylic acid groups (broad SMARTS) is 1. The number of carbonyl (C=O) groups excluding carboxylic acids is 2. The van der Waals surface area contributed by atoms with Crippen LogP contribution in [0, 0.1) is 0 Å². The first-order valence-electron chi connectivity index (χ1n) is 3.93. The Morgan fingerprint density at radius 2 is 1.79 bits per heavy atom. The summed E-state index contributed by atoms with van der Waals surface area (Å²) in [7, 11) is 0. The van der Waals surface area contributed by atoms with Gasteiger partial charge in [0.2, 0.25) is 0 Å². The van der Waals surface area contributed by atoms with Gasteiger partial charge in [0.1, 0.15) is 5.60 Å². The Morgan fingerprint density at radius 1 is 1.36 bits per heavy atom. The Labute approximate surface area is 142 Å². The van der Waals surface area contributed by atoms with Crippen molar-refractivity contribution in [3.05, 3.63) is 0 Å². The molecule has 6 heteroatoms. The number of alkyl carbamates (subject to hydrolysis) is 1. The minimum Gasteiger partial charge on any atom is -0.548 e. The van der Waals surface area contributed by atoms with Crippen molar-refractivity contribution < 1.29 is 88.3 Å². The summed E-state index contributed by atoms with van der Waals surface area (Å²) in [4.78, 5) is 21.2. The van der Waals surface area contributed by atoms with Crippen LogP contribution in [0.25, 0.3) is 0 Å². The molecule has 0 heterocycles. The van der Waals surface area contributed by atoms with Gasteiger partial charge in [-0.15, -0.1) is 0 Å². The topological polar surface area (TPSA) is 78.5 Å². The van der Waals surface area contributed by atoms with Crippen LogP contribution in [0.15, 0.2) is 0 Å². The van der Waals surface area contributed by atoms with Crippen LogP contribution in [0.3, 0.4) is 0 Å². The number of carbonyl (C=O) groups is 2. The summed E-state index contributed by atoms with van der Waals surface area (Å²) >= 11 is 0. The first-order valence-corrected chi connectivity index (χ1v) is 3.93. The van der Waals surface area contributed by atoms with E-state index in [0.29, 0.717) is 0 Å². The Morgan fingerprint density at radius 3 is 2.07 bits per heavy atom. The molecule has 0 aliphatic rings. The fraction of sp³-hybridized carbons (Fsp3) is 0.750. The standard InChI is InChI=1S/C8H15NO4.Cs/c1-5(6(10)11)9-7(12)13-8(2,3)4;/h5H,1-4H3,(H,9,12)(H,10,11);/q;+1/p-1. The molecule has 76 valence electrons. The van der Waals surface area contributed by atoms with Crippen molar-refractivity contribution in [2.45, 2.75) is 39.3 Å². The van der Waals surface area contributed by atoms with Crippen LogP contribution in [0.1, 0.15) is 27.7 Å². The van der Waals surface area contributed by atoms with Crippen LogP contribution < -0.4 is 79.3 Å². The third-order valence-corrected chi connectivity index (χ3v) is 1.09. The van der Waals surface area contributed by atoms with E-state index in [1.165, 1.54) is 6.92 Å². The smallest absolute Gasteiger partial charge is 0.548 e. The van der Waals surface area contributed by atoms with Crippen LogP contribution in [0.4, 0.5) is 4.79 Å². The van der Waals surface area contributed by atoms with Crippen LogP contribution in [0.2, 0.25) is 0 Å². The molecule has 1 unspecified atom stereocenters. The molecule has 0 radical (unpaired) electrons. The number of rotatable bonds is 2. The number of aliphatic carboxylic acids is 1. The average molecular weight is 321 g/mol. The Bertz CT molecular complexity index is 212. The van der Waals surface area contributed by atoms with Gasteiger partial charge in [0.25, 0.3) is 0 Å². The molecule has 0 aliphatic carbocycles. The van der Waals surface area contributed by atoms with E-state index in [0.717, 1.165) is 0 Å². The molecule has 5 nitrogen and oxygen atoms in total. The van der Waals surface area contributed by atoms with Gasteiger partial charge in [-0.05, 0) is 27.7 Å². The third kappa shape index (κ3) is 9.35. The SMILES string of the molecule is CC(NC(=O)OC(C)(C)C)C(=O)[O-].[Cs+]. The molecule has 1 N–H and O–H groups in total. The van der Waals surface area contributed by atoms with E-state index in [1.807, 2.05) is 0 Å². The fourth-order valence-electron chi connectivity index (χ4n) is 0.543. The van der Waals surface area contributed by atoms with Gasteiger partial charge in [-0.1, -0.05) is 0 Å². The molecule has 0 aromatic carbocycles. The molecule has 0 aromatic heterocycles. The van der Waals surface area contributed by atoms with E-state index in [4.69, 9.17) is 4.74 Å². The van der Waals surface area contributed by atoms with Crippen molar-refractivity contribution in [3.63, 3.8) is 0 Å². The molecule has 0 bridgehead atoms. The maximum Gasteiger partial charge on any atom is 1.00 e. The zero-order chi connectivity index (χ0) is 10.6. The third-order valence-electron chi connectivity index (χ3n) is 1.09. The predicted molar refractivity (Wildman–Crippen MR) is 43.8 cm³/mol. The normalized spacial score (nSPS) is 12.3. The number of ether oxygens (including phenoxy) is 1. The molecule has 0 saturated carbocycles. The fourth-order valence-corrected chi connectivity index (χ4v) is 0.543. The van der Waals surface area contributed by atoms with Crippen molar-refractivity contribution in [1.82, 2.24) is 5.32 Å². The number of hydrogen-bond donors (Lipinski definition) is 1. The first kappa shape index (κ1) is 17.2. The molecular formula is C8H14CsNO4. The van der Waals surface area contributed by atoms with Gasteiger partial charge in [-0.25, -0.2) is 4.79 Å². The Balaban J connectivity index is 0. The molecule has 0 aromatic rings. The molecule has 1 amide bonds. The minimum absolute atomic E-state index is 0. The second-order valence-electron chi connectivity index (χ2n) is 3.69. The summed E-state index contributed by atoms with van der Waals surface area (Å²) < 4.78 is 4.82. The van der Waals surface area contributed by atoms with Crippen molar-refractivity contribution in [2.24, 2.45) is 0 Å². The second kappa shape index (κ2) is 7.13. The predicted octanol–water partition coefficient (Wildman–Crippen LogP) is -3.35. The van der Waals surface area contributed by atoms with E-state index < -0.39 is 23.7 Å². The summed E-state index contributed by atoms with van der Waals surface area (Å²) in [5.41, 5.74) is -0.629. The minimum atomic E-state index is -1.34. The number of nitrogens with one attached hydrogen (secondary N) is 1. The van der Waals surface area contributed by atoms with Gasteiger partial charge in [0.15, 0.2) is 0 Å². The van der Waals surface area contributed by atoms with Crippen molar-refractivity contribution in [1.29, 1.82) is 0 Å². The summed E-state index contributed by atoms with van der Waals surface area (Å²) in [5, 5.41) is 12.3. The van der Waals surface area contributed by atoms with Gasteiger partial charge in [-0.2, -0.15) is 0 Å². The van der Waals surface area contributed by atoms with Gasteiger partial charge >= 0.3 is 75.0 Å². The molecule has 14 heavy (non-hydrogen) atoms.